The highest BCUT2D eigenvalue weighted by molar-refractivity contribution is 7.09. The van der Waals surface area contributed by atoms with E-state index >= 15 is 0 Å². The van der Waals surface area contributed by atoms with Crippen molar-refractivity contribution >= 4 is 16.7 Å². The number of aryl methyl sites for hydroxylation is 1. The zero-order chi connectivity index (χ0) is 12.5. The first-order valence-electron chi connectivity index (χ1n) is 6.99. The minimum atomic E-state index is -0.193. The summed E-state index contributed by atoms with van der Waals surface area (Å²) in [7, 11) is 0. The number of β-amino-alcohol motifs (C(OH)–C–C–N with tert-alkyl or cyclic N) is 1. The first kappa shape index (κ1) is 12.4. The molecule has 2 heterocycles. The third-order valence-electron chi connectivity index (χ3n) is 4.28. The van der Waals surface area contributed by atoms with Gasteiger partial charge in [0.15, 0.2) is 0 Å². The normalized spacial score (nSPS) is 30.0. The van der Waals surface area contributed by atoms with E-state index in [1.54, 1.807) is 0 Å². The molecule has 1 saturated heterocycles. The molecule has 3 rings (SSSR count). The number of aliphatic hydroxyl groups is 1. The summed E-state index contributed by atoms with van der Waals surface area (Å²) in [6.45, 7) is 2.66. The molecule has 1 aromatic rings. The second-order valence-electron chi connectivity index (χ2n) is 5.63. The highest BCUT2D eigenvalue weighted by Crippen LogP contribution is 2.37. The summed E-state index contributed by atoms with van der Waals surface area (Å²) in [5.74, 6) is 1.58. The van der Waals surface area contributed by atoms with E-state index in [0.29, 0.717) is 6.04 Å². The molecule has 0 aromatic carbocycles. The Bertz CT molecular complexity index is 403. The number of rotatable bonds is 2. The fourth-order valence-electron chi connectivity index (χ4n) is 3.43. The molecule has 2 fully saturated rings. The van der Waals surface area contributed by atoms with Gasteiger partial charge in [-0.1, -0.05) is 19.3 Å². The number of aromatic nitrogens is 2. The zero-order valence-corrected chi connectivity index (χ0v) is 11.7. The van der Waals surface area contributed by atoms with E-state index in [1.807, 2.05) is 6.92 Å². The van der Waals surface area contributed by atoms with Gasteiger partial charge < -0.3 is 10.0 Å². The van der Waals surface area contributed by atoms with E-state index in [0.717, 1.165) is 29.8 Å². The maximum Gasteiger partial charge on any atom is 0.205 e. The Balaban J connectivity index is 1.78. The molecule has 2 atom stereocenters. The van der Waals surface area contributed by atoms with Gasteiger partial charge in [-0.3, -0.25) is 0 Å². The van der Waals surface area contributed by atoms with Crippen LogP contribution in [0.5, 0.6) is 0 Å². The van der Waals surface area contributed by atoms with Crippen molar-refractivity contribution in [2.75, 3.05) is 11.4 Å². The molecule has 4 nitrogen and oxygen atoms in total. The Morgan fingerprint density at radius 3 is 2.72 bits per heavy atom. The van der Waals surface area contributed by atoms with Gasteiger partial charge in [0.25, 0.3) is 0 Å². The number of aliphatic hydroxyl groups excluding tert-OH is 1. The number of nitrogens with zero attached hydrogens (tertiary/aromatic N) is 3. The average Bonchev–Trinajstić information content (AvgIpc) is 2.96. The second-order valence-corrected chi connectivity index (χ2v) is 6.36. The van der Waals surface area contributed by atoms with Gasteiger partial charge in [-0.2, -0.15) is 4.37 Å². The largest absolute Gasteiger partial charge is 0.391 e. The minimum absolute atomic E-state index is 0.193. The standard InChI is InChI=1S/C13H21N3OS/c1-9-14-13(18-15-9)16-8-11(17)7-12(16)10-5-3-2-4-6-10/h10-12,17H,2-8H2,1H3/t11-,12-/m0/s1. The van der Waals surface area contributed by atoms with Gasteiger partial charge in [0.1, 0.15) is 5.82 Å². The SMILES string of the molecule is Cc1nsc(N2C[C@@H](O)C[C@H]2C2CCCCC2)n1. The predicted octanol–water partition coefficient (Wildman–Crippen LogP) is 2.37. The fourth-order valence-corrected chi connectivity index (χ4v) is 4.17. The van der Waals surface area contributed by atoms with E-state index in [1.165, 1.54) is 43.6 Å². The van der Waals surface area contributed by atoms with Gasteiger partial charge >= 0.3 is 0 Å². The lowest BCUT2D eigenvalue weighted by atomic mass is 9.83. The van der Waals surface area contributed by atoms with E-state index in [2.05, 4.69) is 14.3 Å². The molecule has 0 amide bonds. The number of anilines is 1. The third kappa shape index (κ3) is 2.38. The maximum atomic E-state index is 9.98. The van der Waals surface area contributed by atoms with Gasteiger partial charge in [0, 0.05) is 24.1 Å². The molecule has 1 N–H and O–H groups in total. The molecular formula is C13H21N3OS. The van der Waals surface area contributed by atoms with Crippen LogP contribution in [0.15, 0.2) is 0 Å². The molecule has 100 valence electrons. The summed E-state index contributed by atoms with van der Waals surface area (Å²) in [4.78, 5) is 6.81. The van der Waals surface area contributed by atoms with Gasteiger partial charge in [0.2, 0.25) is 5.13 Å². The summed E-state index contributed by atoms with van der Waals surface area (Å²) in [5.41, 5.74) is 0. The quantitative estimate of drug-likeness (QED) is 0.893. The smallest absolute Gasteiger partial charge is 0.205 e. The number of hydrogen-bond acceptors (Lipinski definition) is 5. The summed E-state index contributed by atoms with van der Waals surface area (Å²) >= 11 is 1.47. The average molecular weight is 267 g/mol. The van der Waals surface area contributed by atoms with Crippen LogP contribution in [0.2, 0.25) is 0 Å². The Labute approximate surface area is 112 Å². The van der Waals surface area contributed by atoms with Crippen LogP contribution < -0.4 is 4.90 Å². The fraction of sp³-hybridized carbons (Fsp3) is 0.846. The van der Waals surface area contributed by atoms with Crippen LogP contribution in [-0.2, 0) is 0 Å². The summed E-state index contributed by atoms with van der Waals surface area (Å²) in [6.07, 6.45) is 7.41. The van der Waals surface area contributed by atoms with Crippen LogP contribution in [-0.4, -0.2) is 33.2 Å². The zero-order valence-electron chi connectivity index (χ0n) is 10.9. The van der Waals surface area contributed by atoms with Crippen LogP contribution in [0.1, 0.15) is 44.3 Å². The van der Waals surface area contributed by atoms with Crippen molar-refractivity contribution < 1.29 is 5.11 Å². The number of hydrogen-bond donors (Lipinski definition) is 1. The highest BCUT2D eigenvalue weighted by atomic mass is 32.1. The molecule has 0 radical (unpaired) electrons. The first-order chi connectivity index (χ1) is 8.74. The van der Waals surface area contributed by atoms with Crippen molar-refractivity contribution in [2.45, 2.75) is 57.6 Å². The molecule has 5 heteroatoms. The van der Waals surface area contributed by atoms with Gasteiger partial charge in [-0.15, -0.1) is 0 Å². The minimum Gasteiger partial charge on any atom is -0.391 e. The lowest BCUT2D eigenvalue weighted by Crippen LogP contribution is -2.36. The van der Waals surface area contributed by atoms with Crippen LogP contribution in [0.25, 0.3) is 0 Å². The van der Waals surface area contributed by atoms with E-state index < -0.39 is 0 Å². The van der Waals surface area contributed by atoms with Crippen molar-refractivity contribution in [2.24, 2.45) is 5.92 Å². The topological polar surface area (TPSA) is 49.2 Å². The van der Waals surface area contributed by atoms with E-state index in [4.69, 9.17) is 0 Å². The first-order valence-corrected chi connectivity index (χ1v) is 7.76. The molecule has 2 aliphatic rings. The Kier molecular flexibility index (Phi) is 3.52. The van der Waals surface area contributed by atoms with Gasteiger partial charge in [-0.25, -0.2) is 4.98 Å². The molecular weight excluding hydrogens is 246 g/mol. The molecule has 0 unspecified atom stereocenters. The highest BCUT2D eigenvalue weighted by Gasteiger charge is 2.38. The van der Waals surface area contributed by atoms with Crippen molar-refractivity contribution in [3.05, 3.63) is 5.82 Å². The van der Waals surface area contributed by atoms with Crippen LogP contribution in [0.3, 0.4) is 0 Å². The molecule has 0 spiro atoms. The van der Waals surface area contributed by atoms with E-state index in [-0.39, 0.29) is 6.10 Å². The van der Waals surface area contributed by atoms with Gasteiger partial charge in [0.05, 0.1) is 6.10 Å². The third-order valence-corrected chi connectivity index (χ3v) is 5.12. The van der Waals surface area contributed by atoms with Gasteiger partial charge in [-0.05, 0) is 32.1 Å². The van der Waals surface area contributed by atoms with Crippen molar-refractivity contribution in [3.8, 4) is 0 Å². The van der Waals surface area contributed by atoms with Crippen LogP contribution >= 0.6 is 11.5 Å². The van der Waals surface area contributed by atoms with Crippen LogP contribution in [0.4, 0.5) is 5.13 Å². The molecule has 0 bridgehead atoms. The Hall–Kier alpha value is -0.680. The van der Waals surface area contributed by atoms with Crippen LogP contribution in [0, 0.1) is 12.8 Å². The van der Waals surface area contributed by atoms with Crippen molar-refractivity contribution in [3.63, 3.8) is 0 Å². The Morgan fingerprint density at radius 2 is 2.06 bits per heavy atom. The van der Waals surface area contributed by atoms with Crippen molar-refractivity contribution in [1.29, 1.82) is 0 Å². The summed E-state index contributed by atoms with van der Waals surface area (Å²) < 4.78 is 4.27. The Morgan fingerprint density at radius 1 is 1.28 bits per heavy atom. The predicted molar refractivity (Wildman–Crippen MR) is 73.0 cm³/mol. The molecule has 1 aliphatic carbocycles. The molecule has 1 aliphatic heterocycles. The van der Waals surface area contributed by atoms with Crippen molar-refractivity contribution in [1.82, 2.24) is 9.36 Å². The summed E-state index contributed by atoms with van der Waals surface area (Å²) in [6, 6.07) is 0.479. The second kappa shape index (κ2) is 5.13. The summed E-state index contributed by atoms with van der Waals surface area (Å²) in [5, 5.41) is 11.0. The molecule has 1 aromatic heterocycles. The molecule has 18 heavy (non-hydrogen) atoms. The molecule has 1 saturated carbocycles. The maximum absolute atomic E-state index is 9.98. The lowest BCUT2D eigenvalue weighted by Gasteiger charge is -2.33. The monoisotopic (exact) mass is 267 g/mol. The van der Waals surface area contributed by atoms with E-state index in [9.17, 15) is 5.11 Å². The lowest BCUT2D eigenvalue weighted by molar-refractivity contribution is 0.185.